The second kappa shape index (κ2) is 10.7. The zero-order valence-corrected chi connectivity index (χ0v) is 24.9. The van der Waals surface area contributed by atoms with Crippen LogP contribution >= 0.6 is 0 Å². The number of aromatic hydroxyl groups is 1. The van der Waals surface area contributed by atoms with Crippen molar-refractivity contribution >= 4 is 34.9 Å². The minimum absolute atomic E-state index is 0.120. The van der Waals surface area contributed by atoms with Crippen molar-refractivity contribution < 1.29 is 39.9 Å². The zero-order chi connectivity index (χ0) is 33.4. The molecule has 238 valence electrons. The molecule has 5 atom stereocenters. The summed E-state index contributed by atoms with van der Waals surface area (Å²) >= 11 is 0. The Bertz CT molecular complexity index is 2050. The summed E-state index contributed by atoms with van der Waals surface area (Å²) < 4.78 is 0. The summed E-state index contributed by atoms with van der Waals surface area (Å²) in [5.41, 5.74) is 5.07. The number of phenolic OH excluding ortho intramolecular Hbond substituents is 1. The van der Waals surface area contributed by atoms with Gasteiger partial charge in [-0.3, -0.25) is 14.4 Å². The number of Topliss-reactive ketones (excluding diaryl/α,β-unsaturated/α-hetero) is 2. The number of imidazole rings is 1. The van der Waals surface area contributed by atoms with Crippen LogP contribution in [-0.4, -0.2) is 64.7 Å². The molecular weight excluding hydrogens is 604 g/mol. The van der Waals surface area contributed by atoms with Gasteiger partial charge >= 0.3 is 0 Å². The van der Waals surface area contributed by atoms with E-state index in [2.05, 4.69) is 15.3 Å². The van der Waals surface area contributed by atoms with E-state index >= 15 is 0 Å². The average Bonchev–Trinajstić information content (AvgIpc) is 3.53. The molecule has 1 heterocycles. The molecule has 12 nitrogen and oxygen atoms in total. The Morgan fingerprint density at radius 3 is 2.32 bits per heavy atom. The van der Waals surface area contributed by atoms with Gasteiger partial charge in [-0.1, -0.05) is 67.6 Å². The Morgan fingerprint density at radius 1 is 0.979 bits per heavy atom. The number of H-pyrrole nitrogens is 1. The molecule has 4 aromatic rings. The predicted molar refractivity (Wildman–Crippen MR) is 170 cm³/mol. The molecule has 1 fully saturated rings. The maximum Gasteiger partial charge on any atom is 0.255 e. The first-order valence-corrected chi connectivity index (χ1v) is 14.9. The standard InChI is InChI=1S/C35H30N4O8/c1-15-19-11-12-21(38-34-37-14-22(39-34)18-9-7-17(8-10-18)16-5-3-2-4-6-16)29(42)25(19)30(43)27-24(15)28(41)20-13-23(40)26(33(36)46)31(44)35(20,47)32(27)45/h2-12,14-15,20,24,28,41-44,47H,13H2,1H3,(H2,36,46)(H2,37,38,39)/t15-,20+,24+,28+,35+/m0/s1. The number of hydrogen-bond acceptors (Lipinski definition) is 10. The number of rotatable bonds is 5. The van der Waals surface area contributed by atoms with Crippen molar-refractivity contribution in [2.75, 3.05) is 5.32 Å². The Balaban J connectivity index is 1.23. The molecule has 9 N–H and O–H groups in total. The summed E-state index contributed by atoms with van der Waals surface area (Å²) in [6.07, 6.45) is -0.607. The van der Waals surface area contributed by atoms with E-state index in [-0.39, 0.29) is 17.2 Å². The predicted octanol–water partition coefficient (Wildman–Crippen LogP) is 3.76. The number of amides is 1. The highest BCUT2D eigenvalue weighted by Crippen LogP contribution is 2.56. The molecule has 0 spiro atoms. The van der Waals surface area contributed by atoms with Crippen LogP contribution in [-0.2, 0) is 14.4 Å². The van der Waals surface area contributed by atoms with E-state index in [0.717, 1.165) is 16.7 Å². The van der Waals surface area contributed by atoms with Crippen molar-refractivity contribution in [2.24, 2.45) is 17.6 Å². The molecule has 3 aliphatic rings. The van der Waals surface area contributed by atoms with Gasteiger partial charge < -0.3 is 41.6 Å². The van der Waals surface area contributed by atoms with Gasteiger partial charge in [-0.2, -0.15) is 0 Å². The second-order valence-corrected chi connectivity index (χ2v) is 12.1. The number of nitrogens with one attached hydrogen (secondary N) is 2. The Labute approximate surface area is 267 Å². The van der Waals surface area contributed by atoms with Gasteiger partial charge in [0, 0.05) is 23.8 Å². The molecule has 1 saturated carbocycles. The van der Waals surface area contributed by atoms with Gasteiger partial charge in [0.1, 0.15) is 22.8 Å². The van der Waals surface area contributed by atoms with E-state index < -0.39 is 81.8 Å². The van der Waals surface area contributed by atoms with Gasteiger partial charge in [-0.15, -0.1) is 0 Å². The molecule has 12 heteroatoms. The maximum absolute atomic E-state index is 13.9. The fourth-order valence-electron chi connectivity index (χ4n) is 7.23. The highest BCUT2D eigenvalue weighted by atomic mass is 16.4. The molecule has 47 heavy (non-hydrogen) atoms. The minimum atomic E-state index is -2.90. The molecular formula is C35H30N4O8. The molecule has 0 bridgehead atoms. The van der Waals surface area contributed by atoms with Crippen molar-refractivity contribution in [3.05, 3.63) is 101 Å². The fraction of sp³-hybridized carbons (Fsp3) is 0.200. The van der Waals surface area contributed by atoms with Gasteiger partial charge in [-0.05, 0) is 34.2 Å². The van der Waals surface area contributed by atoms with Crippen molar-refractivity contribution in [1.82, 2.24) is 9.97 Å². The van der Waals surface area contributed by atoms with Crippen molar-refractivity contribution in [3.8, 4) is 28.1 Å². The number of hydrogen-bond donors (Lipinski definition) is 8. The highest BCUT2D eigenvalue weighted by molar-refractivity contribution is 6.23. The molecule has 0 unspecified atom stereocenters. The van der Waals surface area contributed by atoms with Crippen LogP contribution in [0, 0.1) is 11.8 Å². The number of nitrogens with two attached hydrogens (primary N) is 1. The van der Waals surface area contributed by atoms with E-state index in [0.29, 0.717) is 11.3 Å². The van der Waals surface area contributed by atoms with Crippen LogP contribution in [0.15, 0.2) is 89.8 Å². The van der Waals surface area contributed by atoms with Crippen LogP contribution in [0.4, 0.5) is 11.6 Å². The van der Waals surface area contributed by atoms with E-state index in [1.54, 1.807) is 25.3 Å². The minimum Gasteiger partial charge on any atom is -0.508 e. The van der Waals surface area contributed by atoms with E-state index in [9.17, 15) is 39.9 Å². The van der Waals surface area contributed by atoms with Gasteiger partial charge in [0.25, 0.3) is 5.91 Å². The van der Waals surface area contributed by atoms with E-state index in [4.69, 9.17) is 5.73 Å². The number of fused-ring (bicyclic) bond motifs is 3. The monoisotopic (exact) mass is 634 g/mol. The number of aromatic nitrogens is 2. The van der Waals surface area contributed by atoms with Crippen molar-refractivity contribution in [2.45, 2.75) is 31.0 Å². The maximum atomic E-state index is 13.9. The normalized spacial score (nSPS) is 25.3. The van der Waals surface area contributed by atoms with Crippen molar-refractivity contribution in [1.29, 1.82) is 0 Å². The average molecular weight is 635 g/mol. The highest BCUT2D eigenvalue weighted by Gasteiger charge is 2.64. The van der Waals surface area contributed by atoms with Gasteiger partial charge in [0.15, 0.2) is 11.4 Å². The molecule has 1 amide bonds. The third-order valence-corrected chi connectivity index (χ3v) is 9.63. The molecule has 7 rings (SSSR count). The Morgan fingerprint density at radius 2 is 1.64 bits per heavy atom. The summed E-state index contributed by atoms with van der Waals surface area (Å²) in [4.78, 5) is 45.9. The fourth-order valence-corrected chi connectivity index (χ4v) is 7.23. The zero-order valence-electron chi connectivity index (χ0n) is 24.9. The summed E-state index contributed by atoms with van der Waals surface area (Å²) in [5, 5.41) is 59.6. The van der Waals surface area contributed by atoms with Crippen LogP contribution in [0.25, 0.3) is 28.1 Å². The van der Waals surface area contributed by atoms with E-state index in [1.807, 2.05) is 54.6 Å². The van der Waals surface area contributed by atoms with Crippen LogP contribution < -0.4 is 11.1 Å². The largest absolute Gasteiger partial charge is 0.508 e. The smallest absolute Gasteiger partial charge is 0.255 e. The lowest BCUT2D eigenvalue weighted by Crippen LogP contribution is -2.63. The van der Waals surface area contributed by atoms with Gasteiger partial charge in [0.05, 0.1) is 29.2 Å². The number of carbonyl (C=O) groups excluding carboxylic acids is 3. The number of anilines is 2. The lowest BCUT2D eigenvalue weighted by atomic mass is 9.55. The number of aromatic amines is 1. The number of primary amides is 1. The molecule has 0 radical (unpaired) electrons. The summed E-state index contributed by atoms with van der Waals surface area (Å²) in [5.74, 6) is -8.91. The van der Waals surface area contributed by atoms with Crippen LogP contribution in [0.5, 0.6) is 5.75 Å². The lowest BCUT2D eigenvalue weighted by Gasteiger charge is -2.50. The number of ketones is 2. The van der Waals surface area contributed by atoms with Gasteiger partial charge in [0.2, 0.25) is 11.7 Å². The third kappa shape index (κ3) is 4.37. The van der Waals surface area contributed by atoms with Crippen LogP contribution in [0.1, 0.15) is 30.4 Å². The molecule has 3 aromatic carbocycles. The second-order valence-electron chi connectivity index (χ2n) is 12.1. The van der Waals surface area contributed by atoms with Crippen LogP contribution in [0.3, 0.4) is 0 Å². The Hall–Kier alpha value is -5.72. The Kier molecular flexibility index (Phi) is 6.81. The number of nitrogens with zero attached hydrogens (tertiary/aromatic N) is 1. The number of aliphatic hydroxyl groups is 4. The number of benzene rings is 3. The number of phenols is 1. The number of aliphatic hydroxyl groups excluding tert-OH is 3. The van der Waals surface area contributed by atoms with Crippen molar-refractivity contribution in [3.63, 3.8) is 0 Å². The molecule has 0 aliphatic heterocycles. The molecule has 0 saturated heterocycles. The van der Waals surface area contributed by atoms with Crippen LogP contribution in [0.2, 0.25) is 0 Å². The van der Waals surface area contributed by atoms with E-state index in [1.165, 1.54) is 0 Å². The first-order valence-electron chi connectivity index (χ1n) is 14.9. The molecule has 3 aliphatic carbocycles. The third-order valence-electron chi connectivity index (χ3n) is 9.63. The first kappa shape index (κ1) is 30.0. The summed E-state index contributed by atoms with van der Waals surface area (Å²) in [6.45, 7) is 1.67. The first-order chi connectivity index (χ1) is 22.4. The lowest BCUT2D eigenvalue weighted by molar-refractivity contribution is -0.160. The number of carbonyl (C=O) groups is 3. The summed E-state index contributed by atoms with van der Waals surface area (Å²) in [6, 6.07) is 21.0. The quantitative estimate of drug-likeness (QED) is 0.117. The van der Waals surface area contributed by atoms with Gasteiger partial charge in [-0.25, -0.2) is 4.98 Å². The SMILES string of the molecule is C[C@H]1c2ccc(Nc3ncc(-c4ccc(-c5ccccc5)cc4)[nH]3)c(O)c2C(O)=C2C(=O)[C@]3(O)C(O)=C(C(N)=O)C(=O)C[C@@H]3[C@@H](O)[C@@H]21. The topological polar surface area (TPSA) is 219 Å². The summed E-state index contributed by atoms with van der Waals surface area (Å²) in [7, 11) is 0. The molecule has 1 aromatic heterocycles.